The van der Waals surface area contributed by atoms with Crippen molar-refractivity contribution in [1.82, 2.24) is 0 Å². The van der Waals surface area contributed by atoms with Gasteiger partial charge in [-0.2, -0.15) is 0 Å². The smallest absolute Gasteiger partial charge is 0.221 e. The molecule has 2 aromatic carbocycles. The minimum atomic E-state index is -0.128. The van der Waals surface area contributed by atoms with Crippen molar-refractivity contribution < 1.29 is 14.6 Å². The van der Waals surface area contributed by atoms with Crippen LogP contribution in [0, 0.1) is 11.8 Å². The molecule has 1 heterocycles. The molecule has 4 N–H and O–H groups in total. The first-order chi connectivity index (χ1) is 14.5. The van der Waals surface area contributed by atoms with Crippen molar-refractivity contribution in [1.29, 1.82) is 0 Å². The van der Waals surface area contributed by atoms with Crippen LogP contribution in [0.4, 0.5) is 5.69 Å². The lowest BCUT2D eigenvalue weighted by Gasteiger charge is -2.09. The molecular weight excluding hydrogens is 378 g/mol. The number of ether oxygens (including phenoxy) is 1. The molecule has 0 saturated carbocycles. The lowest BCUT2D eigenvalue weighted by atomic mass is 10.1. The van der Waals surface area contributed by atoms with Crippen molar-refractivity contribution in [2.24, 2.45) is 10.7 Å². The van der Waals surface area contributed by atoms with Gasteiger partial charge in [-0.05, 0) is 36.3 Å². The Balaban J connectivity index is 1.71. The number of hydrogen-bond acceptors (Lipinski definition) is 5. The average molecular weight is 403 g/mol. The van der Waals surface area contributed by atoms with Crippen LogP contribution >= 0.6 is 0 Å². The second kappa shape index (κ2) is 10.3. The molecule has 1 amide bonds. The van der Waals surface area contributed by atoms with E-state index in [4.69, 9.17) is 15.6 Å². The van der Waals surface area contributed by atoms with E-state index in [1.54, 1.807) is 6.07 Å². The van der Waals surface area contributed by atoms with E-state index in [0.29, 0.717) is 36.5 Å². The van der Waals surface area contributed by atoms with Crippen LogP contribution in [0.15, 0.2) is 53.5 Å². The Morgan fingerprint density at radius 3 is 3.00 bits per heavy atom. The van der Waals surface area contributed by atoms with Crippen molar-refractivity contribution in [3.05, 3.63) is 65.2 Å². The number of nitrogens with zero attached hydrogens (tertiary/aromatic N) is 1. The second-order valence-electron chi connectivity index (χ2n) is 6.91. The van der Waals surface area contributed by atoms with Gasteiger partial charge in [-0.3, -0.25) is 9.79 Å². The van der Waals surface area contributed by atoms with Gasteiger partial charge in [-0.1, -0.05) is 30.0 Å². The van der Waals surface area contributed by atoms with Gasteiger partial charge in [0.15, 0.2) is 0 Å². The Kier molecular flexibility index (Phi) is 7.25. The third-order valence-electron chi connectivity index (χ3n) is 4.43. The van der Waals surface area contributed by atoms with Gasteiger partial charge >= 0.3 is 0 Å². The highest BCUT2D eigenvalue weighted by Crippen LogP contribution is 2.26. The molecule has 30 heavy (non-hydrogen) atoms. The number of amides is 1. The Hall–Kier alpha value is -3.56. The molecule has 1 aliphatic rings. The number of unbranched alkanes of at least 4 members (excludes halogenated alkanes) is 1. The lowest BCUT2D eigenvalue weighted by molar-refractivity contribution is -0.114. The van der Waals surface area contributed by atoms with Crippen LogP contribution in [-0.2, 0) is 11.3 Å². The minimum Gasteiger partial charge on any atom is -0.487 e. The van der Waals surface area contributed by atoms with E-state index in [9.17, 15) is 4.79 Å². The summed E-state index contributed by atoms with van der Waals surface area (Å²) in [6.07, 6.45) is 3.15. The fourth-order valence-electron chi connectivity index (χ4n) is 2.94. The number of nitrogens with two attached hydrogens (primary N) is 1. The molecule has 0 fully saturated rings. The molecule has 3 rings (SSSR count). The van der Waals surface area contributed by atoms with Crippen molar-refractivity contribution in [2.75, 3.05) is 18.5 Å². The molecule has 0 bridgehead atoms. The summed E-state index contributed by atoms with van der Waals surface area (Å²) in [5.41, 5.74) is 11.0. The molecule has 0 aromatic heterocycles. The zero-order valence-electron chi connectivity index (χ0n) is 16.9. The van der Waals surface area contributed by atoms with Gasteiger partial charge in [-0.15, -0.1) is 0 Å². The second-order valence-corrected chi connectivity index (χ2v) is 6.91. The van der Waals surface area contributed by atoms with E-state index in [0.717, 1.165) is 22.4 Å². The van der Waals surface area contributed by atoms with Crippen LogP contribution in [0.5, 0.6) is 5.75 Å². The zero-order valence-corrected chi connectivity index (χ0v) is 16.9. The van der Waals surface area contributed by atoms with Crippen LogP contribution < -0.4 is 15.8 Å². The van der Waals surface area contributed by atoms with E-state index in [1.807, 2.05) is 42.5 Å². The molecule has 6 heteroatoms. The number of anilines is 1. The molecule has 6 nitrogen and oxygen atoms in total. The van der Waals surface area contributed by atoms with Crippen LogP contribution in [0.25, 0.3) is 5.70 Å². The number of aliphatic hydroxyl groups excluding tert-OH is 1. The summed E-state index contributed by atoms with van der Waals surface area (Å²) in [5.74, 6) is 6.71. The molecule has 0 saturated heterocycles. The Morgan fingerprint density at radius 1 is 1.33 bits per heavy atom. The Morgan fingerprint density at radius 2 is 2.20 bits per heavy atom. The summed E-state index contributed by atoms with van der Waals surface area (Å²) in [5, 5.41) is 11.6. The number of nitrogens with one attached hydrogen (secondary N) is 1. The number of hydrogen-bond donors (Lipinski definition) is 3. The van der Waals surface area contributed by atoms with Crippen molar-refractivity contribution in [3.63, 3.8) is 0 Å². The third-order valence-corrected chi connectivity index (χ3v) is 4.43. The summed E-state index contributed by atoms with van der Waals surface area (Å²) < 4.78 is 5.89. The standard InChI is InChI=1S/C24H25N3O3/c1-17(29)27-21-10-9-20-15-26-22(16-30-24(20)14-21)13-23(25)19-8-5-7-18(12-19)6-3-2-4-11-28/h5,7-10,12-14,28H,2,4,11,15-16,25H2,1H3,(H,27,29). The van der Waals surface area contributed by atoms with Gasteiger partial charge in [0.25, 0.3) is 0 Å². The third kappa shape index (κ3) is 5.97. The maximum absolute atomic E-state index is 11.3. The number of fused-ring (bicyclic) bond motifs is 1. The van der Waals surface area contributed by atoms with Gasteiger partial charge in [0.1, 0.15) is 12.4 Å². The number of carbonyl (C=O) groups excluding carboxylic acids is 1. The summed E-state index contributed by atoms with van der Waals surface area (Å²) in [6.45, 7) is 2.38. The SMILES string of the molecule is CC(=O)Nc1ccc2c(c1)OCC(C=C(N)c1cccc(C#CCCCO)c1)=NC2. The lowest BCUT2D eigenvalue weighted by Crippen LogP contribution is -2.11. The summed E-state index contributed by atoms with van der Waals surface area (Å²) in [7, 11) is 0. The number of aliphatic imine (C=N–C) groups is 1. The molecule has 0 aliphatic carbocycles. The number of carbonyl (C=O) groups is 1. The van der Waals surface area contributed by atoms with Crippen LogP contribution in [0.3, 0.4) is 0 Å². The Bertz CT molecular complexity index is 1050. The number of rotatable bonds is 5. The van der Waals surface area contributed by atoms with Gasteiger partial charge in [0.05, 0.1) is 12.3 Å². The molecule has 0 spiro atoms. The van der Waals surface area contributed by atoms with Crippen molar-refractivity contribution >= 4 is 23.0 Å². The van der Waals surface area contributed by atoms with Gasteiger partial charge in [-0.25, -0.2) is 0 Å². The normalized spacial score (nSPS) is 13.1. The van der Waals surface area contributed by atoms with Crippen molar-refractivity contribution in [2.45, 2.75) is 26.3 Å². The highest BCUT2D eigenvalue weighted by molar-refractivity contribution is 6.01. The highest BCUT2D eigenvalue weighted by Gasteiger charge is 2.12. The minimum absolute atomic E-state index is 0.128. The predicted molar refractivity (Wildman–Crippen MR) is 119 cm³/mol. The first kappa shape index (κ1) is 21.2. The molecule has 1 aliphatic heterocycles. The molecular formula is C24H25N3O3. The number of aliphatic hydroxyl groups is 1. The molecule has 0 radical (unpaired) electrons. The first-order valence-electron chi connectivity index (χ1n) is 9.79. The summed E-state index contributed by atoms with van der Waals surface area (Å²) in [6, 6.07) is 13.2. The van der Waals surface area contributed by atoms with Crippen LogP contribution in [0.1, 0.15) is 36.5 Å². The van der Waals surface area contributed by atoms with Crippen LogP contribution in [0.2, 0.25) is 0 Å². The molecule has 0 unspecified atom stereocenters. The fourth-order valence-corrected chi connectivity index (χ4v) is 2.94. The average Bonchev–Trinajstić information content (AvgIpc) is 2.93. The van der Waals surface area contributed by atoms with E-state index >= 15 is 0 Å². The first-order valence-corrected chi connectivity index (χ1v) is 9.79. The monoisotopic (exact) mass is 403 g/mol. The summed E-state index contributed by atoms with van der Waals surface area (Å²) >= 11 is 0. The summed E-state index contributed by atoms with van der Waals surface area (Å²) in [4.78, 5) is 15.9. The topological polar surface area (TPSA) is 96.9 Å². The Labute approximate surface area is 176 Å². The zero-order chi connectivity index (χ0) is 21.3. The molecule has 2 aromatic rings. The quantitative estimate of drug-likeness (QED) is 0.528. The maximum Gasteiger partial charge on any atom is 0.221 e. The van der Waals surface area contributed by atoms with Gasteiger partial charge < -0.3 is 20.9 Å². The van der Waals surface area contributed by atoms with E-state index in [2.05, 4.69) is 22.2 Å². The molecule has 154 valence electrons. The van der Waals surface area contributed by atoms with E-state index in [-0.39, 0.29) is 19.1 Å². The van der Waals surface area contributed by atoms with Crippen LogP contribution in [-0.4, -0.2) is 29.9 Å². The molecule has 0 atom stereocenters. The number of benzene rings is 2. The van der Waals surface area contributed by atoms with Gasteiger partial charge in [0.2, 0.25) is 5.91 Å². The fraction of sp³-hybridized carbons (Fsp3) is 0.250. The highest BCUT2D eigenvalue weighted by atomic mass is 16.5. The van der Waals surface area contributed by atoms with E-state index < -0.39 is 0 Å². The maximum atomic E-state index is 11.3. The van der Waals surface area contributed by atoms with Crippen molar-refractivity contribution in [3.8, 4) is 17.6 Å². The van der Waals surface area contributed by atoms with Gasteiger partial charge in [0, 0.05) is 48.5 Å². The predicted octanol–water partition coefficient (Wildman–Crippen LogP) is 3.10. The van der Waals surface area contributed by atoms with E-state index in [1.165, 1.54) is 6.92 Å². The largest absolute Gasteiger partial charge is 0.487 e.